The highest BCUT2D eigenvalue weighted by Gasteiger charge is 2.30. The third-order valence-electron chi connectivity index (χ3n) is 4.37. The van der Waals surface area contributed by atoms with E-state index in [9.17, 15) is 22.8 Å². The summed E-state index contributed by atoms with van der Waals surface area (Å²) in [7, 11) is 0. The van der Waals surface area contributed by atoms with Gasteiger partial charge in [0.25, 0.3) is 0 Å². The number of pyridine rings is 2. The van der Waals surface area contributed by atoms with E-state index in [1.54, 1.807) is 13.0 Å². The summed E-state index contributed by atoms with van der Waals surface area (Å²) in [6.07, 6.45) is -3.78. The molecule has 0 atom stereocenters. The molecule has 0 aliphatic heterocycles. The lowest BCUT2D eigenvalue weighted by atomic mass is 10.1. The first kappa shape index (κ1) is 22.2. The fourth-order valence-electron chi connectivity index (χ4n) is 2.99. The molecule has 1 N–H and O–H groups in total. The van der Waals surface area contributed by atoms with E-state index in [4.69, 9.17) is 4.74 Å². The van der Waals surface area contributed by atoms with Crippen molar-refractivity contribution in [2.45, 2.75) is 32.9 Å². The van der Waals surface area contributed by atoms with Crippen LogP contribution < -0.4 is 10.1 Å². The predicted molar refractivity (Wildman–Crippen MR) is 109 cm³/mol. The molecule has 0 aliphatic rings. The van der Waals surface area contributed by atoms with Crippen molar-refractivity contribution in [2.75, 3.05) is 11.9 Å². The quantitative estimate of drug-likeness (QED) is 0.423. The van der Waals surface area contributed by atoms with E-state index in [0.717, 1.165) is 12.1 Å². The molecule has 31 heavy (non-hydrogen) atoms. The van der Waals surface area contributed by atoms with Gasteiger partial charge >= 0.3 is 6.18 Å². The van der Waals surface area contributed by atoms with Crippen LogP contribution in [0, 0.1) is 6.92 Å². The van der Waals surface area contributed by atoms with E-state index in [2.05, 4.69) is 15.3 Å². The number of alkyl halides is 3. The minimum atomic E-state index is -4.41. The van der Waals surface area contributed by atoms with E-state index in [0.29, 0.717) is 34.4 Å². The molecule has 0 radical (unpaired) electrons. The molecule has 0 unspecified atom stereocenters. The number of carbonyl (C=O) groups is 2. The van der Waals surface area contributed by atoms with E-state index >= 15 is 0 Å². The fourth-order valence-corrected chi connectivity index (χ4v) is 2.99. The molecule has 3 aromatic rings. The lowest BCUT2D eigenvalue weighted by molar-refractivity contribution is -0.137. The highest BCUT2D eigenvalue weighted by atomic mass is 19.4. The second-order valence-corrected chi connectivity index (χ2v) is 6.99. The third kappa shape index (κ3) is 6.00. The van der Waals surface area contributed by atoms with Crippen LogP contribution >= 0.6 is 0 Å². The summed E-state index contributed by atoms with van der Waals surface area (Å²) in [6, 6.07) is 9.50. The van der Waals surface area contributed by atoms with Gasteiger partial charge in [-0.25, -0.2) is 9.97 Å². The van der Waals surface area contributed by atoms with Gasteiger partial charge in [0.2, 0.25) is 11.8 Å². The van der Waals surface area contributed by atoms with Gasteiger partial charge < -0.3 is 10.1 Å². The molecule has 0 spiro atoms. The number of amides is 1. The van der Waals surface area contributed by atoms with Crippen LogP contribution in [0.5, 0.6) is 5.88 Å². The number of hydrogen-bond donors (Lipinski definition) is 1. The lowest BCUT2D eigenvalue weighted by Crippen LogP contribution is -2.10. The molecular weight excluding hydrogens is 411 g/mol. The van der Waals surface area contributed by atoms with E-state index in [1.165, 1.54) is 31.2 Å². The van der Waals surface area contributed by atoms with Gasteiger partial charge in [-0.05, 0) is 49.7 Å². The standard InChI is InChI=1S/C22H20F3N3O3/c1-13-10-16(12-20(26-13)27-14(2)29)19(30)4-3-9-31-21-8-5-15-11-17(22(23,24)25)6-7-18(15)28-21/h5-8,10-12H,3-4,9H2,1-2H3,(H,26,27,29). The Morgan fingerprint density at radius 2 is 1.84 bits per heavy atom. The molecule has 2 heterocycles. The SMILES string of the molecule is CC(=O)Nc1cc(C(=O)CCCOc2ccc3cc(C(F)(F)F)ccc3n2)cc(C)n1. The molecular formula is C22H20F3N3O3. The first-order chi connectivity index (χ1) is 14.6. The number of fused-ring (bicyclic) bond motifs is 1. The number of ether oxygens (including phenoxy) is 1. The molecule has 0 saturated carbocycles. The maximum atomic E-state index is 12.8. The van der Waals surface area contributed by atoms with Crippen LogP contribution in [0.1, 0.15) is 41.4 Å². The number of benzene rings is 1. The van der Waals surface area contributed by atoms with Crippen LogP contribution in [0.4, 0.5) is 19.0 Å². The highest BCUT2D eigenvalue weighted by Crippen LogP contribution is 2.31. The Hall–Kier alpha value is -3.49. The molecule has 1 amide bonds. The number of aryl methyl sites for hydroxylation is 1. The Labute approximate surface area is 176 Å². The molecule has 9 heteroatoms. The number of anilines is 1. The Bertz CT molecular complexity index is 1130. The molecule has 2 aromatic heterocycles. The summed E-state index contributed by atoms with van der Waals surface area (Å²) in [5.41, 5.74) is 0.710. The van der Waals surface area contributed by atoms with Crippen LogP contribution in [-0.2, 0) is 11.0 Å². The lowest BCUT2D eigenvalue weighted by Gasteiger charge is -2.09. The minimum Gasteiger partial charge on any atom is -0.478 e. The van der Waals surface area contributed by atoms with E-state index < -0.39 is 11.7 Å². The van der Waals surface area contributed by atoms with Gasteiger partial charge in [-0.1, -0.05) is 0 Å². The number of nitrogens with zero attached hydrogens (tertiary/aromatic N) is 2. The smallest absolute Gasteiger partial charge is 0.416 e. The molecule has 0 aliphatic carbocycles. The Morgan fingerprint density at radius 3 is 2.55 bits per heavy atom. The van der Waals surface area contributed by atoms with Crippen LogP contribution in [0.3, 0.4) is 0 Å². The molecule has 6 nitrogen and oxygen atoms in total. The van der Waals surface area contributed by atoms with Crippen molar-refractivity contribution >= 4 is 28.4 Å². The molecule has 0 bridgehead atoms. The Kier molecular flexibility index (Phi) is 6.53. The topological polar surface area (TPSA) is 81.2 Å². The fraction of sp³-hybridized carbons (Fsp3) is 0.273. The predicted octanol–water partition coefficient (Wildman–Crippen LogP) is 4.96. The van der Waals surface area contributed by atoms with Crippen molar-refractivity contribution in [3.63, 3.8) is 0 Å². The van der Waals surface area contributed by atoms with Crippen LogP contribution in [0.2, 0.25) is 0 Å². The van der Waals surface area contributed by atoms with Gasteiger partial charge in [0.15, 0.2) is 5.78 Å². The van der Waals surface area contributed by atoms with Crippen molar-refractivity contribution < 1.29 is 27.5 Å². The number of rotatable bonds is 7. The van der Waals surface area contributed by atoms with Gasteiger partial charge in [-0.3, -0.25) is 9.59 Å². The van der Waals surface area contributed by atoms with Crippen LogP contribution in [-0.4, -0.2) is 28.3 Å². The van der Waals surface area contributed by atoms with Gasteiger partial charge in [0.1, 0.15) is 5.82 Å². The first-order valence-electron chi connectivity index (χ1n) is 9.52. The number of hydrogen-bond acceptors (Lipinski definition) is 5. The van der Waals surface area contributed by atoms with Gasteiger partial charge in [0.05, 0.1) is 17.7 Å². The van der Waals surface area contributed by atoms with Crippen LogP contribution in [0.25, 0.3) is 10.9 Å². The maximum Gasteiger partial charge on any atom is 0.416 e. The normalized spacial score (nSPS) is 11.4. The number of ketones is 1. The van der Waals surface area contributed by atoms with Gasteiger partial charge in [-0.15, -0.1) is 0 Å². The van der Waals surface area contributed by atoms with E-state index in [1.807, 2.05) is 0 Å². The van der Waals surface area contributed by atoms with Gasteiger partial charge in [0, 0.05) is 36.1 Å². The van der Waals surface area contributed by atoms with Crippen molar-refractivity contribution in [2.24, 2.45) is 0 Å². The van der Waals surface area contributed by atoms with Crippen molar-refractivity contribution in [1.29, 1.82) is 0 Å². The summed E-state index contributed by atoms with van der Waals surface area (Å²) in [5, 5.41) is 2.92. The number of carbonyl (C=O) groups excluding carboxylic acids is 2. The summed E-state index contributed by atoms with van der Waals surface area (Å²) >= 11 is 0. The Morgan fingerprint density at radius 1 is 1.06 bits per heavy atom. The zero-order valence-electron chi connectivity index (χ0n) is 16.9. The summed E-state index contributed by atoms with van der Waals surface area (Å²) in [5.74, 6) is 0.197. The summed E-state index contributed by atoms with van der Waals surface area (Å²) in [4.78, 5) is 32.0. The van der Waals surface area contributed by atoms with Gasteiger partial charge in [-0.2, -0.15) is 13.2 Å². The van der Waals surface area contributed by atoms with Crippen molar-refractivity contribution in [3.8, 4) is 5.88 Å². The van der Waals surface area contributed by atoms with Crippen LogP contribution in [0.15, 0.2) is 42.5 Å². The molecule has 162 valence electrons. The molecule has 1 aromatic carbocycles. The molecule has 3 rings (SSSR count). The second kappa shape index (κ2) is 9.11. The highest BCUT2D eigenvalue weighted by molar-refractivity contribution is 5.97. The zero-order chi connectivity index (χ0) is 22.6. The van der Waals surface area contributed by atoms with Crippen molar-refractivity contribution in [3.05, 3.63) is 59.3 Å². The largest absolute Gasteiger partial charge is 0.478 e. The molecule has 0 fully saturated rings. The third-order valence-corrected chi connectivity index (χ3v) is 4.37. The number of Topliss-reactive ketones (excluding diaryl/α,β-unsaturated/α-hetero) is 1. The maximum absolute atomic E-state index is 12.8. The minimum absolute atomic E-state index is 0.119. The van der Waals surface area contributed by atoms with Crippen molar-refractivity contribution in [1.82, 2.24) is 9.97 Å². The zero-order valence-corrected chi connectivity index (χ0v) is 16.9. The van der Waals surface area contributed by atoms with E-state index in [-0.39, 0.29) is 30.6 Å². The number of halogens is 3. The second-order valence-electron chi connectivity index (χ2n) is 6.99. The summed E-state index contributed by atoms with van der Waals surface area (Å²) in [6.45, 7) is 3.31. The number of nitrogens with one attached hydrogen (secondary N) is 1. The number of aromatic nitrogens is 2. The Balaban J connectivity index is 1.57. The monoisotopic (exact) mass is 431 g/mol. The first-order valence-corrected chi connectivity index (χ1v) is 9.52. The average Bonchev–Trinajstić information content (AvgIpc) is 2.69. The molecule has 0 saturated heterocycles. The average molecular weight is 431 g/mol. The summed E-state index contributed by atoms with van der Waals surface area (Å²) < 4.78 is 43.9.